The minimum Gasteiger partial charge on any atom is -0.493 e. The summed E-state index contributed by atoms with van der Waals surface area (Å²) in [6.07, 6.45) is 2.31. The van der Waals surface area contributed by atoms with E-state index in [-0.39, 0.29) is 12.6 Å². The van der Waals surface area contributed by atoms with Gasteiger partial charge in [0, 0.05) is 0 Å². The Hall–Kier alpha value is -2.33. The van der Waals surface area contributed by atoms with Crippen molar-refractivity contribution in [1.29, 1.82) is 0 Å². The molecule has 0 aliphatic carbocycles. The molecule has 0 radical (unpaired) electrons. The number of rotatable bonds is 6. The van der Waals surface area contributed by atoms with Crippen LogP contribution in [0.5, 0.6) is 5.75 Å². The van der Waals surface area contributed by atoms with E-state index >= 15 is 0 Å². The van der Waals surface area contributed by atoms with Crippen LogP contribution >= 0.6 is 0 Å². The van der Waals surface area contributed by atoms with Crippen LogP contribution in [-0.4, -0.2) is 25.7 Å². The van der Waals surface area contributed by atoms with Gasteiger partial charge >= 0.3 is 5.97 Å². The van der Waals surface area contributed by atoms with Gasteiger partial charge in [0.15, 0.2) is 0 Å². The number of carbonyl (C=O) groups is 1. The molecule has 0 saturated carbocycles. The second-order valence-electron chi connectivity index (χ2n) is 6.09. The first-order valence-corrected chi connectivity index (χ1v) is 8.46. The Morgan fingerprint density at radius 2 is 1.71 bits per heavy atom. The Labute approximate surface area is 142 Å². The summed E-state index contributed by atoms with van der Waals surface area (Å²) in [7, 11) is 0. The third-order valence-corrected chi connectivity index (χ3v) is 4.25. The summed E-state index contributed by atoms with van der Waals surface area (Å²) in [6.45, 7) is 3.16. The SMILES string of the molecule is O=C(OCc1ccccc1)c1ccc(OCC2CCNCC2)cc1. The summed E-state index contributed by atoms with van der Waals surface area (Å²) in [4.78, 5) is 12.1. The maximum absolute atomic E-state index is 12.1. The molecule has 1 aliphatic rings. The zero-order valence-electron chi connectivity index (χ0n) is 13.7. The summed E-state index contributed by atoms with van der Waals surface area (Å²) < 4.78 is 11.2. The highest BCUT2D eigenvalue weighted by atomic mass is 16.5. The van der Waals surface area contributed by atoms with Gasteiger partial charge in [-0.05, 0) is 61.7 Å². The van der Waals surface area contributed by atoms with E-state index in [1.165, 1.54) is 0 Å². The molecule has 1 N–H and O–H groups in total. The largest absolute Gasteiger partial charge is 0.493 e. The van der Waals surface area contributed by atoms with Gasteiger partial charge in [0.25, 0.3) is 0 Å². The highest BCUT2D eigenvalue weighted by molar-refractivity contribution is 5.89. The fourth-order valence-electron chi connectivity index (χ4n) is 2.76. The van der Waals surface area contributed by atoms with Gasteiger partial charge in [-0.1, -0.05) is 30.3 Å². The number of ether oxygens (including phenoxy) is 2. The van der Waals surface area contributed by atoms with E-state index in [9.17, 15) is 4.79 Å². The maximum Gasteiger partial charge on any atom is 0.338 e. The fraction of sp³-hybridized carbons (Fsp3) is 0.350. The Balaban J connectivity index is 1.47. The maximum atomic E-state index is 12.1. The molecule has 0 amide bonds. The lowest BCUT2D eigenvalue weighted by Crippen LogP contribution is -2.30. The van der Waals surface area contributed by atoms with Crippen LogP contribution < -0.4 is 10.1 Å². The molecule has 0 aromatic heterocycles. The third-order valence-electron chi connectivity index (χ3n) is 4.25. The molecule has 0 atom stereocenters. The number of piperidine rings is 1. The fourth-order valence-corrected chi connectivity index (χ4v) is 2.76. The molecule has 0 unspecified atom stereocenters. The minimum atomic E-state index is -0.316. The van der Waals surface area contributed by atoms with Gasteiger partial charge < -0.3 is 14.8 Å². The van der Waals surface area contributed by atoms with Crippen molar-refractivity contribution < 1.29 is 14.3 Å². The molecular weight excluding hydrogens is 302 g/mol. The lowest BCUT2D eigenvalue weighted by molar-refractivity contribution is 0.0472. The van der Waals surface area contributed by atoms with Crippen LogP contribution in [0.25, 0.3) is 0 Å². The summed E-state index contributed by atoms with van der Waals surface area (Å²) in [5, 5.41) is 3.35. The van der Waals surface area contributed by atoms with Crippen LogP contribution in [0, 0.1) is 5.92 Å². The summed E-state index contributed by atoms with van der Waals surface area (Å²) >= 11 is 0. The Bertz CT molecular complexity index is 634. The van der Waals surface area contributed by atoms with E-state index < -0.39 is 0 Å². The third kappa shape index (κ3) is 4.83. The van der Waals surface area contributed by atoms with Crippen molar-refractivity contribution in [3.63, 3.8) is 0 Å². The summed E-state index contributed by atoms with van der Waals surface area (Å²) in [5.41, 5.74) is 1.52. The zero-order valence-corrected chi connectivity index (χ0v) is 13.7. The highest BCUT2D eigenvalue weighted by Gasteiger charge is 2.14. The van der Waals surface area contributed by atoms with Crippen LogP contribution in [0.15, 0.2) is 54.6 Å². The van der Waals surface area contributed by atoms with Gasteiger partial charge in [-0.3, -0.25) is 0 Å². The number of carbonyl (C=O) groups excluding carboxylic acids is 1. The van der Waals surface area contributed by atoms with Crippen molar-refractivity contribution in [3.05, 3.63) is 65.7 Å². The molecule has 3 rings (SSSR count). The van der Waals surface area contributed by atoms with Crippen LogP contribution in [0.3, 0.4) is 0 Å². The molecule has 24 heavy (non-hydrogen) atoms. The Morgan fingerprint density at radius 3 is 2.42 bits per heavy atom. The molecule has 0 bridgehead atoms. The standard InChI is InChI=1S/C20H23NO3/c22-20(24-15-16-4-2-1-3-5-16)18-6-8-19(9-7-18)23-14-17-10-12-21-13-11-17/h1-9,17,21H,10-15H2. The van der Waals surface area contributed by atoms with Gasteiger partial charge in [-0.15, -0.1) is 0 Å². The molecule has 0 spiro atoms. The van der Waals surface area contributed by atoms with E-state index in [4.69, 9.17) is 9.47 Å². The van der Waals surface area contributed by atoms with Crippen molar-refractivity contribution in [2.24, 2.45) is 5.92 Å². The first-order chi connectivity index (χ1) is 11.8. The molecule has 1 heterocycles. The van der Waals surface area contributed by atoms with E-state index in [0.717, 1.165) is 43.9 Å². The lowest BCUT2D eigenvalue weighted by atomic mass is 9.99. The number of nitrogens with one attached hydrogen (secondary N) is 1. The topological polar surface area (TPSA) is 47.6 Å². The van der Waals surface area contributed by atoms with Crippen LogP contribution in [0.4, 0.5) is 0 Å². The van der Waals surface area contributed by atoms with Crippen molar-refractivity contribution in [2.45, 2.75) is 19.4 Å². The quantitative estimate of drug-likeness (QED) is 0.827. The molecule has 1 fully saturated rings. The van der Waals surface area contributed by atoms with Gasteiger partial charge in [0.1, 0.15) is 12.4 Å². The zero-order chi connectivity index (χ0) is 16.6. The Morgan fingerprint density at radius 1 is 1.00 bits per heavy atom. The number of hydrogen-bond acceptors (Lipinski definition) is 4. The van der Waals surface area contributed by atoms with Crippen LogP contribution in [-0.2, 0) is 11.3 Å². The second kappa shape index (κ2) is 8.50. The number of esters is 1. The molecule has 1 saturated heterocycles. The number of hydrogen-bond donors (Lipinski definition) is 1. The monoisotopic (exact) mass is 325 g/mol. The average Bonchev–Trinajstić information content (AvgIpc) is 2.66. The van der Waals surface area contributed by atoms with E-state index in [0.29, 0.717) is 11.5 Å². The lowest BCUT2D eigenvalue weighted by Gasteiger charge is -2.22. The molecule has 2 aromatic rings. The van der Waals surface area contributed by atoms with E-state index in [1.807, 2.05) is 42.5 Å². The van der Waals surface area contributed by atoms with E-state index in [2.05, 4.69) is 5.32 Å². The smallest absolute Gasteiger partial charge is 0.338 e. The van der Waals surface area contributed by atoms with Crippen molar-refractivity contribution in [2.75, 3.05) is 19.7 Å². The summed E-state index contributed by atoms with van der Waals surface area (Å²) in [6, 6.07) is 16.8. The summed E-state index contributed by atoms with van der Waals surface area (Å²) in [5.74, 6) is 1.10. The molecule has 126 valence electrons. The molecular formula is C20H23NO3. The molecule has 4 heteroatoms. The second-order valence-corrected chi connectivity index (χ2v) is 6.09. The predicted molar refractivity (Wildman–Crippen MR) is 93.1 cm³/mol. The van der Waals surface area contributed by atoms with Gasteiger partial charge in [-0.2, -0.15) is 0 Å². The Kier molecular flexibility index (Phi) is 5.85. The van der Waals surface area contributed by atoms with Crippen LogP contribution in [0.2, 0.25) is 0 Å². The van der Waals surface area contributed by atoms with Crippen molar-refractivity contribution in [3.8, 4) is 5.75 Å². The van der Waals surface area contributed by atoms with Gasteiger partial charge in [0.2, 0.25) is 0 Å². The highest BCUT2D eigenvalue weighted by Crippen LogP contribution is 2.17. The van der Waals surface area contributed by atoms with Crippen molar-refractivity contribution >= 4 is 5.97 Å². The normalized spacial score (nSPS) is 15.0. The minimum absolute atomic E-state index is 0.285. The first-order valence-electron chi connectivity index (χ1n) is 8.46. The van der Waals surface area contributed by atoms with E-state index in [1.54, 1.807) is 12.1 Å². The van der Waals surface area contributed by atoms with Crippen LogP contribution in [0.1, 0.15) is 28.8 Å². The first kappa shape index (κ1) is 16.5. The van der Waals surface area contributed by atoms with Crippen molar-refractivity contribution in [1.82, 2.24) is 5.32 Å². The van der Waals surface area contributed by atoms with Gasteiger partial charge in [-0.25, -0.2) is 4.79 Å². The molecule has 2 aromatic carbocycles. The predicted octanol–water partition coefficient (Wildman–Crippen LogP) is 3.42. The molecule has 1 aliphatic heterocycles. The van der Waals surface area contributed by atoms with Gasteiger partial charge in [0.05, 0.1) is 12.2 Å². The average molecular weight is 325 g/mol. The number of benzene rings is 2. The molecule has 4 nitrogen and oxygen atoms in total.